The summed E-state index contributed by atoms with van der Waals surface area (Å²) >= 11 is 0. The van der Waals surface area contributed by atoms with Gasteiger partial charge in [-0.25, -0.2) is 0 Å². The maximum atomic E-state index is 12.2. The van der Waals surface area contributed by atoms with E-state index < -0.39 is 30.7 Å². The fourth-order valence-corrected chi connectivity index (χ4v) is 1.10. The van der Waals surface area contributed by atoms with Crippen LogP contribution in [0.1, 0.15) is 13.8 Å². The molecule has 1 amide bonds. The van der Waals surface area contributed by atoms with Gasteiger partial charge in [-0.15, -0.1) is 0 Å². The van der Waals surface area contributed by atoms with Crippen molar-refractivity contribution >= 4 is 5.91 Å². The minimum absolute atomic E-state index is 0.0500. The molecule has 3 N–H and O–H groups in total. The molecular formula is C9H17F3N2O2. The average molecular weight is 242 g/mol. The number of aliphatic hydroxyl groups is 1. The standard InChI is InChI=1S/C9H17F3N2O2/c1-8(2,5-13)7(16)14(3-4-15)6-9(10,11)12/h15H,3-6,13H2,1-2H3. The molecule has 0 spiro atoms. The molecule has 0 aromatic carbocycles. The Morgan fingerprint density at radius 3 is 2.19 bits per heavy atom. The van der Waals surface area contributed by atoms with Gasteiger partial charge in [-0.3, -0.25) is 4.79 Å². The number of aliphatic hydroxyl groups excluding tert-OH is 1. The van der Waals surface area contributed by atoms with Crippen LogP contribution in [0, 0.1) is 5.41 Å². The zero-order valence-corrected chi connectivity index (χ0v) is 9.34. The molecule has 0 unspecified atom stereocenters. The first kappa shape index (κ1) is 15.2. The van der Waals surface area contributed by atoms with Crippen molar-refractivity contribution in [1.82, 2.24) is 4.90 Å². The van der Waals surface area contributed by atoms with Crippen LogP contribution in [0.25, 0.3) is 0 Å². The smallest absolute Gasteiger partial charge is 0.395 e. The second kappa shape index (κ2) is 5.49. The van der Waals surface area contributed by atoms with Gasteiger partial charge in [0, 0.05) is 13.1 Å². The molecule has 4 nitrogen and oxygen atoms in total. The fourth-order valence-electron chi connectivity index (χ4n) is 1.10. The molecule has 0 aliphatic rings. The van der Waals surface area contributed by atoms with Gasteiger partial charge in [-0.2, -0.15) is 13.2 Å². The molecule has 0 saturated heterocycles. The lowest BCUT2D eigenvalue weighted by Gasteiger charge is -2.31. The van der Waals surface area contributed by atoms with Crippen LogP contribution in [0.3, 0.4) is 0 Å². The normalized spacial score (nSPS) is 12.7. The predicted octanol–water partition coefficient (Wildman–Crippen LogP) is 0.354. The number of halogens is 3. The first-order chi connectivity index (χ1) is 7.14. The van der Waals surface area contributed by atoms with Crippen molar-refractivity contribution in [2.45, 2.75) is 20.0 Å². The summed E-state index contributed by atoms with van der Waals surface area (Å²) in [6, 6.07) is 0. The summed E-state index contributed by atoms with van der Waals surface area (Å²) in [4.78, 5) is 12.3. The van der Waals surface area contributed by atoms with Gasteiger partial charge in [0.1, 0.15) is 6.54 Å². The number of amides is 1. The lowest BCUT2D eigenvalue weighted by Crippen LogP contribution is -2.49. The molecule has 0 bridgehead atoms. The number of nitrogens with two attached hydrogens (primary N) is 1. The van der Waals surface area contributed by atoms with E-state index in [1.54, 1.807) is 0 Å². The lowest BCUT2D eigenvalue weighted by atomic mass is 9.92. The van der Waals surface area contributed by atoms with Crippen molar-refractivity contribution in [3.8, 4) is 0 Å². The van der Waals surface area contributed by atoms with Gasteiger partial charge >= 0.3 is 6.18 Å². The Kier molecular flexibility index (Phi) is 5.21. The molecule has 96 valence electrons. The Labute approximate surface area is 92.2 Å². The molecule has 0 aliphatic carbocycles. The van der Waals surface area contributed by atoms with E-state index in [-0.39, 0.29) is 13.1 Å². The number of rotatable bonds is 5. The zero-order valence-electron chi connectivity index (χ0n) is 9.34. The van der Waals surface area contributed by atoms with Gasteiger partial charge in [0.2, 0.25) is 5.91 Å². The third kappa shape index (κ3) is 4.80. The molecule has 0 aromatic rings. The summed E-state index contributed by atoms with van der Waals surface area (Å²) < 4.78 is 36.5. The van der Waals surface area contributed by atoms with E-state index >= 15 is 0 Å². The van der Waals surface area contributed by atoms with Crippen LogP contribution in [0.15, 0.2) is 0 Å². The van der Waals surface area contributed by atoms with Crippen LogP contribution < -0.4 is 5.73 Å². The highest BCUT2D eigenvalue weighted by Crippen LogP contribution is 2.22. The maximum absolute atomic E-state index is 12.2. The first-order valence-electron chi connectivity index (χ1n) is 4.81. The molecular weight excluding hydrogens is 225 g/mol. The van der Waals surface area contributed by atoms with Crippen LogP contribution in [0.2, 0.25) is 0 Å². The third-order valence-corrected chi connectivity index (χ3v) is 2.12. The molecule has 0 radical (unpaired) electrons. The summed E-state index contributed by atoms with van der Waals surface area (Å²) in [7, 11) is 0. The van der Waals surface area contributed by atoms with Crippen LogP contribution in [0.4, 0.5) is 13.2 Å². The lowest BCUT2D eigenvalue weighted by molar-refractivity contribution is -0.167. The molecule has 0 rings (SSSR count). The van der Waals surface area contributed by atoms with Gasteiger partial charge in [-0.1, -0.05) is 0 Å². The minimum Gasteiger partial charge on any atom is -0.395 e. The van der Waals surface area contributed by atoms with Gasteiger partial charge in [0.15, 0.2) is 0 Å². The van der Waals surface area contributed by atoms with E-state index in [0.29, 0.717) is 4.90 Å². The van der Waals surface area contributed by atoms with E-state index in [0.717, 1.165) is 0 Å². The van der Waals surface area contributed by atoms with Crippen molar-refractivity contribution in [2.24, 2.45) is 11.1 Å². The Morgan fingerprint density at radius 1 is 1.38 bits per heavy atom. The first-order valence-corrected chi connectivity index (χ1v) is 4.81. The van der Waals surface area contributed by atoms with Crippen molar-refractivity contribution < 1.29 is 23.1 Å². The zero-order chi connectivity index (χ0) is 13.0. The SMILES string of the molecule is CC(C)(CN)C(=O)N(CCO)CC(F)(F)F. The van der Waals surface area contributed by atoms with Crippen molar-refractivity contribution in [2.75, 3.05) is 26.2 Å². The average Bonchev–Trinajstić information content (AvgIpc) is 2.14. The molecule has 7 heteroatoms. The van der Waals surface area contributed by atoms with Gasteiger partial charge < -0.3 is 15.7 Å². The van der Waals surface area contributed by atoms with Crippen molar-refractivity contribution in [3.63, 3.8) is 0 Å². The number of carbonyl (C=O) groups is 1. The number of carbonyl (C=O) groups excluding carboxylic acids is 1. The Bertz CT molecular complexity index is 241. The fraction of sp³-hybridized carbons (Fsp3) is 0.889. The summed E-state index contributed by atoms with van der Waals surface area (Å²) in [6.45, 7) is 0.665. The van der Waals surface area contributed by atoms with E-state index in [1.807, 2.05) is 0 Å². The van der Waals surface area contributed by atoms with Gasteiger partial charge in [-0.05, 0) is 13.8 Å². The number of alkyl halides is 3. The van der Waals surface area contributed by atoms with Crippen LogP contribution >= 0.6 is 0 Å². The highest BCUT2D eigenvalue weighted by Gasteiger charge is 2.37. The second-order valence-electron chi connectivity index (χ2n) is 4.15. The summed E-state index contributed by atoms with van der Waals surface area (Å²) in [5, 5.41) is 8.63. The number of hydrogen-bond acceptors (Lipinski definition) is 3. The summed E-state index contributed by atoms with van der Waals surface area (Å²) in [5.74, 6) is -0.707. The second-order valence-corrected chi connectivity index (χ2v) is 4.15. The van der Waals surface area contributed by atoms with E-state index in [4.69, 9.17) is 10.8 Å². The van der Waals surface area contributed by atoms with Crippen molar-refractivity contribution in [3.05, 3.63) is 0 Å². The Hall–Kier alpha value is -0.820. The Balaban J connectivity index is 4.72. The van der Waals surface area contributed by atoms with Crippen LogP contribution in [0.5, 0.6) is 0 Å². The Morgan fingerprint density at radius 2 is 1.88 bits per heavy atom. The molecule has 16 heavy (non-hydrogen) atoms. The predicted molar refractivity (Wildman–Crippen MR) is 52.6 cm³/mol. The van der Waals surface area contributed by atoms with Crippen molar-refractivity contribution in [1.29, 1.82) is 0 Å². The molecule has 0 fully saturated rings. The third-order valence-electron chi connectivity index (χ3n) is 2.12. The molecule has 0 heterocycles. The summed E-state index contributed by atoms with van der Waals surface area (Å²) in [6.07, 6.45) is -4.48. The maximum Gasteiger partial charge on any atom is 0.406 e. The van der Waals surface area contributed by atoms with Crippen LogP contribution in [-0.4, -0.2) is 48.3 Å². The van der Waals surface area contributed by atoms with E-state index in [1.165, 1.54) is 13.8 Å². The molecule has 0 atom stereocenters. The topological polar surface area (TPSA) is 66.6 Å². The monoisotopic (exact) mass is 242 g/mol. The van der Waals surface area contributed by atoms with Gasteiger partial charge in [0.05, 0.1) is 12.0 Å². The molecule has 0 saturated carbocycles. The minimum atomic E-state index is -4.48. The van der Waals surface area contributed by atoms with Gasteiger partial charge in [0.25, 0.3) is 0 Å². The largest absolute Gasteiger partial charge is 0.406 e. The summed E-state index contributed by atoms with van der Waals surface area (Å²) in [5.41, 5.74) is 4.26. The van der Waals surface area contributed by atoms with Crippen LogP contribution in [-0.2, 0) is 4.79 Å². The number of nitrogens with zero attached hydrogens (tertiary/aromatic N) is 1. The highest BCUT2D eigenvalue weighted by molar-refractivity contribution is 5.82. The molecule has 0 aliphatic heterocycles. The number of hydrogen-bond donors (Lipinski definition) is 2. The molecule has 0 aromatic heterocycles. The van der Waals surface area contributed by atoms with E-state index in [2.05, 4.69) is 0 Å². The quantitative estimate of drug-likeness (QED) is 0.731. The van der Waals surface area contributed by atoms with E-state index in [9.17, 15) is 18.0 Å². The highest BCUT2D eigenvalue weighted by atomic mass is 19.4.